The van der Waals surface area contributed by atoms with E-state index < -0.39 is 17.9 Å². The molecule has 9 heteroatoms. The molecule has 0 spiro atoms. The van der Waals surface area contributed by atoms with Gasteiger partial charge in [0.1, 0.15) is 11.3 Å². The third-order valence-corrected chi connectivity index (χ3v) is 5.83. The second-order valence-electron chi connectivity index (χ2n) is 8.38. The number of furan rings is 1. The number of piperidine rings is 1. The van der Waals surface area contributed by atoms with Crippen LogP contribution >= 0.6 is 15.9 Å². The highest BCUT2D eigenvalue weighted by Crippen LogP contribution is 2.37. The van der Waals surface area contributed by atoms with E-state index in [0.717, 1.165) is 4.47 Å². The van der Waals surface area contributed by atoms with Crippen molar-refractivity contribution in [1.29, 1.82) is 0 Å². The molecule has 1 aromatic carbocycles. The molecule has 156 valence electrons. The van der Waals surface area contributed by atoms with Crippen LogP contribution in [-0.2, 0) is 4.79 Å². The van der Waals surface area contributed by atoms with Gasteiger partial charge in [0.05, 0.1) is 0 Å². The summed E-state index contributed by atoms with van der Waals surface area (Å²) in [7, 11) is 0. The normalized spacial score (nSPS) is 19.9. The Balaban J connectivity index is 1.89. The van der Waals surface area contributed by atoms with Gasteiger partial charge in [0.25, 0.3) is 5.91 Å². The monoisotopic (exact) mass is 465 g/mol. The maximum absolute atomic E-state index is 13.0. The number of primary amides is 1. The molecule has 0 bridgehead atoms. The van der Waals surface area contributed by atoms with E-state index in [-0.39, 0.29) is 35.4 Å². The number of nitrogens with two attached hydrogens (primary N) is 1. The number of nitrogens with zero attached hydrogens (tertiary/aromatic N) is 1. The number of carboxylic acid groups (broad SMARTS) is 1. The van der Waals surface area contributed by atoms with Crippen LogP contribution in [0.4, 0.5) is 10.5 Å². The van der Waals surface area contributed by atoms with Gasteiger partial charge in [-0.2, -0.15) is 0 Å². The number of carbonyl (C=O) groups excluding carboxylic acids is 2. The van der Waals surface area contributed by atoms with Gasteiger partial charge in [-0.05, 0) is 36.5 Å². The van der Waals surface area contributed by atoms with E-state index in [9.17, 15) is 19.5 Å². The molecule has 2 unspecified atom stereocenters. The number of hydrogen-bond donors (Lipinski definition) is 3. The lowest BCUT2D eigenvalue weighted by Gasteiger charge is -2.44. The zero-order valence-electron chi connectivity index (χ0n) is 16.5. The van der Waals surface area contributed by atoms with Crippen LogP contribution in [0.5, 0.6) is 0 Å². The Bertz CT molecular complexity index is 978. The number of anilines is 1. The molecule has 1 saturated heterocycles. The molecule has 2 atom stereocenters. The smallest absolute Gasteiger partial charge is 0.407 e. The zero-order valence-corrected chi connectivity index (χ0v) is 18.1. The summed E-state index contributed by atoms with van der Waals surface area (Å²) in [6.45, 7) is 6.15. The van der Waals surface area contributed by atoms with Gasteiger partial charge in [0, 0.05) is 28.4 Å². The van der Waals surface area contributed by atoms with Crippen LogP contribution in [0.2, 0.25) is 0 Å². The average molecular weight is 466 g/mol. The summed E-state index contributed by atoms with van der Waals surface area (Å²) >= 11 is 3.37. The summed E-state index contributed by atoms with van der Waals surface area (Å²) in [5.74, 6) is -1.57. The Labute approximate surface area is 176 Å². The molecule has 1 aliphatic heterocycles. The van der Waals surface area contributed by atoms with Crippen molar-refractivity contribution in [1.82, 2.24) is 4.90 Å². The highest BCUT2D eigenvalue weighted by atomic mass is 79.9. The van der Waals surface area contributed by atoms with Gasteiger partial charge < -0.3 is 25.5 Å². The summed E-state index contributed by atoms with van der Waals surface area (Å²) in [4.78, 5) is 37.9. The SMILES string of the molecule is CC(C)(C)C1CC(C(=O)Nc2c(C(N)=O)oc3ccc(Br)cc23)CCN1C(=O)O. The topological polar surface area (TPSA) is 126 Å². The predicted molar refractivity (Wildman–Crippen MR) is 112 cm³/mol. The molecule has 0 radical (unpaired) electrons. The van der Waals surface area contributed by atoms with Crippen molar-refractivity contribution in [2.75, 3.05) is 11.9 Å². The van der Waals surface area contributed by atoms with Gasteiger partial charge in [-0.1, -0.05) is 36.7 Å². The van der Waals surface area contributed by atoms with E-state index in [0.29, 0.717) is 23.8 Å². The molecule has 0 saturated carbocycles. The zero-order chi connectivity index (χ0) is 21.5. The fraction of sp³-hybridized carbons (Fsp3) is 0.450. The number of fused-ring (bicyclic) bond motifs is 1. The molecule has 1 aliphatic rings. The highest BCUT2D eigenvalue weighted by molar-refractivity contribution is 9.10. The summed E-state index contributed by atoms with van der Waals surface area (Å²) in [6, 6.07) is 4.89. The van der Waals surface area contributed by atoms with Crippen LogP contribution in [0.3, 0.4) is 0 Å². The first-order chi connectivity index (χ1) is 13.5. The second-order valence-corrected chi connectivity index (χ2v) is 9.29. The summed E-state index contributed by atoms with van der Waals surface area (Å²) in [5, 5.41) is 12.9. The van der Waals surface area contributed by atoms with Crippen molar-refractivity contribution < 1.29 is 23.9 Å². The van der Waals surface area contributed by atoms with Crippen molar-refractivity contribution in [2.24, 2.45) is 17.1 Å². The van der Waals surface area contributed by atoms with Crippen LogP contribution in [-0.4, -0.2) is 40.5 Å². The van der Waals surface area contributed by atoms with Crippen LogP contribution < -0.4 is 11.1 Å². The van der Waals surface area contributed by atoms with E-state index in [1.54, 1.807) is 18.2 Å². The molecule has 1 fully saturated rings. The van der Waals surface area contributed by atoms with E-state index in [2.05, 4.69) is 21.2 Å². The lowest BCUT2D eigenvalue weighted by atomic mass is 9.77. The van der Waals surface area contributed by atoms with Gasteiger partial charge in [0.15, 0.2) is 0 Å². The quantitative estimate of drug-likeness (QED) is 0.630. The third kappa shape index (κ3) is 4.24. The van der Waals surface area contributed by atoms with Gasteiger partial charge >= 0.3 is 6.09 Å². The number of nitrogens with one attached hydrogen (secondary N) is 1. The van der Waals surface area contributed by atoms with Crippen molar-refractivity contribution in [2.45, 2.75) is 39.7 Å². The summed E-state index contributed by atoms with van der Waals surface area (Å²) < 4.78 is 6.30. The van der Waals surface area contributed by atoms with Gasteiger partial charge in [0.2, 0.25) is 11.7 Å². The van der Waals surface area contributed by atoms with Crippen molar-refractivity contribution in [3.63, 3.8) is 0 Å². The lowest BCUT2D eigenvalue weighted by molar-refractivity contribution is -0.122. The summed E-state index contributed by atoms with van der Waals surface area (Å²) in [6.07, 6.45) is -0.186. The molecule has 1 aromatic heterocycles. The van der Waals surface area contributed by atoms with Crippen molar-refractivity contribution >= 4 is 50.5 Å². The molecular weight excluding hydrogens is 442 g/mol. The number of likely N-dealkylation sites (tertiary alicyclic amines) is 1. The van der Waals surface area contributed by atoms with E-state index in [1.165, 1.54) is 4.90 Å². The molecular formula is C20H24BrN3O5. The molecule has 3 amide bonds. The number of halogens is 1. The minimum Gasteiger partial charge on any atom is -0.465 e. The van der Waals surface area contributed by atoms with Gasteiger partial charge in [-0.3, -0.25) is 9.59 Å². The largest absolute Gasteiger partial charge is 0.465 e. The maximum atomic E-state index is 13.0. The first-order valence-corrected chi connectivity index (χ1v) is 10.1. The Morgan fingerprint density at radius 1 is 1.31 bits per heavy atom. The first kappa shape index (κ1) is 21.2. The number of hydrogen-bond acceptors (Lipinski definition) is 4. The molecule has 4 N–H and O–H groups in total. The van der Waals surface area contributed by atoms with Gasteiger partial charge in [-0.15, -0.1) is 0 Å². The standard InChI is InChI=1S/C20H24BrN3O5/c1-20(2,3)14-8-10(6-7-24(14)19(27)28)18(26)23-15-12-9-11(21)4-5-13(12)29-16(15)17(22)25/h4-5,9-10,14H,6-8H2,1-3H3,(H2,22,25)(H,23,26)(H,27,28). The molecule has 29 heavy (non-hydrogen) atoms. The Hall–Kier alpha value is -2.55. The number of carbonyl (C=O) groups is 3. The van der Waals surface area contributed by atoms with Crippen LogP contribution in [0.15, 0.2) is 27.1 Å². The van der Waals surface area contributed by atoms with Crippen molar-refractivity contribution in [3.05, 3.63) is 28.4 Å². The third-order valence-electron chi connectivity index (χ3n) is 5.34. The fourth-order valence-corrected chi connectivity index (χ4v) is 4.21. The number of benzene rings is 1. The second kappa shape index (κ2) is 7.70. The Morgan fingerprint density at radius 3 is 2.59 bits per heavy atom. The molecule has 2 heterocycles. The minimum atomic E-state index is -0.981. The molecule has 2 aromatic rings. The average Bonchev–Trinajstić information content (AvgIpc) is 2.98. The maximum Gasteiger partial charge on any atom is 0.407 e. The highest BCUT2D eigenvalue weighted by Gasteiger charge is 2.41. The van der Waals surface area contributed by atoms with Gasteiger partial charge in [-0.25, -0.2) is 4.79 Å². The Kier molecular flexibility index (Phi) is 5.62. The fourth-order valence-electron chi connectivity index (χ4n) is 3.85. The predicted octanol–water partition coefficient (Wildman–Crippen LogP) is 4.04. The molecule has 8 nitrogen and oxygen atoms in total. The first-order valence-electron chi connectivity index (χ1n) is 9.31. The van der Waals surface area contributed by atoms with Crippen LogP contribution in [0, 0.1) is 11.3 Å². The van der Waals surface area contributed by atoms with Crippen LogP contribution in [0.1, 0.15) is 44.2 Å². The van der Waals surface area contributed by atoms with E-state index in [4.69, 9.17) is 10.2 Å². The van der Waals surface area contributed by atoms with E-state index in [1.807, 2.05) is 20.8 Å². The molecule has 0 aliphatic carbocycles. The Morgan fingerprint density at radius 2 is 2.00 bits per heavy atom. The summed E-state index contributed by atoms with van der Waals surface area (Å²) in [5.41, 5.74) is 5.80. The lowest BCUT2D eigenvalue weighted by Crippen LogP contribution is -2.53. The molecule has 3 rings (SSSR count). The number of amides is 3. The number of rotatable bonds is 3. The van der Waals surface area contributed by atoms with Crippen LogP contribution in [0.25, 0.3) is 11.0 Å². The van der Waals surface area contributed by atoms with E-state index >= 15 is 0 Å². The van der Waals surface area contributed by atoms with Crippen molar-refractivity contribution in [3.8, 4) is 0 Å². The minimum absolute atomic E-state index is 0.109.